The zero-order valence-electron chi connectivity index (χ0n) is 21.5. The lowest BCUT2D eigenvalue weighted by Gasteiger charge is -2.26. The van der Waals surface area contributed by atoms with E-state index in [1.165, 1.54) is 18.4 Å². The number of nitrogens with one attached hydrogen (secondary N) is 1. The zero-order valence-corrected chi connectivity index (χ0v) is 24.0. The minimum absolute atomic E-state index is 0.194. The normalized spacial score (nSPS) is 15.4. The predicted octanol–water partition coefficient (Wildman–Crippen LogP) is 4.37. The summed E-state index contributed by atoms with van der Waals surface area (Å²) in [4.78, 5) is 35.8. The molecule has 196 valence electrons. The zero-order chi connectivity index (χ0) is 27.1. The molecule has 5 rings (SSSR count). The van der Waals surface area contributed by atoms with E-state index in [1.54, 1.807) is 37.7 Å². The van der Waals surface area contributed by atoms with Crippen molar-refractivity contribution in [2.75, 3.05) is 20.8 Å². The number of benzene rings is 2. The van der Waals surface area contributed by atoms with E-state index in [0.717, 1.165) is 22.2 Å². The van der Waals surface area contributed by atoms with Crippen LogP contribution in [0.25, 0.3) is 17.0 Å². The Labute approximate surface area is 231 Å². The predicted molar refractivity (Wildman–Crippen MR) is 151 cm³/mol. The molecule has 0 spiro atoms. The SMILES string of the molecule is CCOC(=O)C1=C(C)N=c2s/c(=C\c3c(C)[nH]c4ccccc34)c(=O)n2C1c1cc(OC)c(OC)cc1Br. The summed E-state index contributed by atoms with van der Waals surface area (Å²) in [6.07, 6.45) is 1.89. The number of esters is 1. The van der Waals surface area contributed by atoms with Gasteiger partial charge in [0.25, 0.3) is 5.56 Å². The number of allylic oxidation sites excluding steroid dienone is 1. The molecule has 0 saturated carbocycles. The number of hydrogen-bond acceptors (Lipinski definition) is 7. The number of para-hydroxylation sites is 1. The summed E-state index contributed by atoms with van der Waals surface area (Å²) in [7, 11) is 3.09. The molecule has 0 amide bonds. The summed E-state index contributed by atoms with van der Waals surface area (Å²) in [6.45, 7) is 5.68. The Morgan fingerprint density at radius 3 is 2.61 bits per heavy atom. The van der Waals surface area contributed by atoms with Crippen LogP contribution in [-0.2, 0) is 9.53 Å². The fraction of sp³-hybridized carbons (Fsp3) is 0.250. The number of aromatic amines is 1. The van der Waals surface area contributed by atoms with Crippen molar-refractivity contribution >= 4 is 50.2 Å². The highest BCUT2D eigenvalue weighted by Crippen LogP contribution is 2.40. The van der Waals surface area contributed by atoms with Crippen molar-refractivity contribution in [1.29, 1.82) is 0 Å². The summed E-state index contributed by atoms with van der Waals surface area (Å²) >= 11 is 4.91. The quantitative estimate of drug-likeness (QED) is 0.334. The van der Waals surface area contributed by atoms with Crippen molar-refractivity contribution < 1.29 is 19.0 Å². The first-order valence-corrected chi connectivity index (χ1v) is 13.6. The molecule has 1 unspecified atom stereocenters. The smallest absolute Gasteiger partial charge is 0.338 e. The van der Waals surface area contributed by atoms with Gasteiger partial charge in [-0.1, -0.05) is 45.5 Å². The summed E-state index contributed by atoms with van der Waals surface area (Å²) in [5, 5.41) is 1.03. The Balaban J connectivity index is 1.80. The maximum Gasteiger partial charge on any atom is 0.338 e. The molecule has 0 radical (unpaired) electrons. The Kier molecular flexibility index (Phi) is 7.02. The minimum atomic E-state index is -0.786. The molecule has 0 saturated heterocycles. The first-order valence-electron chi connectivity index (χ1n) is 12.0. The van der Waals surface area contributed by atoms with Gasteiger partial charge < -0.3 is 19.2 Å². The second-order valence-electron chi connectivity index (χ2n) is 8.74. The van der Waals surface area contributed by atoms with Crippen LogP contribution in [0.5, 0.6) is 11.5 Å². The number of halogens is 1. The monoisotopic (exact) mass is 595 g/mol. The van der Waals surface area contributed by atoms with Gasteiger partial charge in [-0.3, -0.25) is 9.36 Å². The lowest BCUT2D eigenvalue weighted by Crippen LogP contribution is -2.40. The highest BCUT2D eigenvalue weighted by molar-refractivity contribution is 9.10. The van der Waals surface area contributed by atoms with Crippen LogP contribution >= 0.6 is 27.3 Å². The summed E-state index contributed by atoms with van der Waals surface area (Å²) in [5.74, 6) is 0.464. The fourth-order valence-corrected chi connectivity index (χ4v) is 6.35. The second kappa shape index (κ2) is 10.3. The van der Waals surface area contributed by atoms with E-state index in [9.17, 15) is 9.59 Å². The lowest BCUT2D eigenvalue weighted by molar-refractivity contribution is -0.139. The third-order valence-electron chi connectivity index (χ3n) is 6.53. The number of fused-ring (bicyclic) bond motifs is 2. The Hall–Kier alpha value is -3.63. The first kappa shape index (κ1) is 26.0. The number of carbonyl (C=O) groups is 1. The molecular weight excluding hydrogens is 570 g/mol. The maximum atomic E-state index is 14.0. The van der Waals surface area contributed by atoms with Crippen molar-refractivity contribution in [1.82, 2.24) is 9.55 Å². The molecule has 0 fully saturated rings. The molecule has 1 aliphatic rings. The van der Waals surface area contributed by atoms with E-state index >= 15 is 0 Å². The molecule has 10 heteroatoms. The third-order valence-corrected chi connectivity index (χ3v) is 8.20. The fourth-order valence-electron chi connectivity index (χ4n) is 4.78. The van der Waals surface area contributed by atoms with Crippen LogP contribution in [-0.4, -0.2) is 36.3 Å². The number of H-pyrrole nitrogens is 1. The van der Waals surface area contributed by atoms with Crippen LogP contribution in [0.15, 0.2) is 61.9 Å². The molecule has 8 nitrogen and oxygen atoms in total. The van der Waals surface area contributed by atoms with Crippen molar-refractivity contribution in [2.24, 2.45) is 4.99 Å². The maximum absolute atomic E-state index is 14.0. The number of carbonyl (C=O) groups excluding carboxylic acids is 1. The van der Waals surface area contributed by atoms with Gasteiger partial charge in [0, 0.05) is 26.6 Å². The van der Waals surface area contributed by atoms with Crippen LogP contribution in [0.2, 0.25) is 0 Å². The van der Waals surface area contributed by atoms with Crippen LogP contribution < -0.4 is 24.4 Å². The molecule has 0 aliphatic carbocycles. The third kappa shape index (κ3) is 4.27. The number of methoxy groups -OCH3 is 2. The van der Waals surface area contributed by atoms with Crippen molar-refractivity contribution in [2.45, 2.75) is 26.8 Å². The van der Waals surface area contributed by atoms with Crippen LogP contribution in [0.3, 0.4) is 0 Å². The largest absolute Gasteiger partial charge is 0.493 e. The van der Waals surface area contributed by atoms with Crippen LogP contribution in [0.1, 0.15) is 36.7 Å². The molecule has 4 aromatic rings. The summed E-state index contributed by atoms with van der Waals surface area (Å²) in [5.41, 5.74) is 4.08. The Morgan fingerprint density at radius 2 is 1.89 bits per heavy atom. The lowest BCUT2D eigenvalue weighted by atomic mass is 9.95. The van der Waals surface area contributed by atoms with Crippen molar-refractivity contribution in [3.05, 3.63) is 88.6 Å². The molecule has 3 heterocycles. The van der Waals surface area contributed by atoms with Gasteiger partial charge in [0.15, 0.2) is 16.3 Å². The number of thiazole rings is 1. The minimum Gasteiger partial charge on any atom is -0.493 e. The highest BCUT2D eigenvalue weighted by Gasteiger charge is 2.35. The number of nitrogens with zero attached hydrogens (tertiary/aromatic N) is 2. The molecular formula is C28H26BrN3O5S. The molecule has 1 N–H and O–H groups in total. The number of aryl methyl sites for hydroxylation is 1. The molecule has 1 atom stereocenters. The van der Waals surface area contributed by atoms with Gasteiger partial charge in [-0.05, 0) is 50.6 Å². The van der Waals surface area contributed by atoms with Crippen molar-refractivity contribution in [3.8, 4) is 11.5 Å². The second-order valence-corrected chi connectivity index (χ2v) is 10.6. The number of rotatable bonds is 6. The van der Waals surface area contributed by atoms with E-state index in [4.69, 9.17) is 14.2 Å². The van der Waals surface area contributed by atoms with Gasteiger partial charge in [0.1, 0.15) is 0 Å². The molecule has 1 aliphatic heterocycles. The Bertz CT molecular complexity index is 1800. The van der Waals surface area contributed by atoms with Gasteiger partial charge in [-0.25, -0.2) is 9.79 Å². The summed E-state index contributed by atoms with van der Waals surface area (Å²) in [6, 6.07) is 10.7. The van der Waals surface area contributed by atoms with Gasteiger partial charge in [-0.2, -0.15) is 0 Å². The van der Waals surface area contributed by atoms with E-state index in [2.05, 4.69) is 25.9 Å². The van der Waals surface area contributed by atoms with E-state index in [1.807, 2.05) is 37.3 Å². The van der Waals surface area contributed by atoms with Crippen LogP contribution in [0.4, 0.5) is 0 Å². The molecule has 38 heavy (non-hydrogen) atoms. The van der Waals surface area contributed by atoms with E-state index in [-0.39, 0.29) is 12.2 Å². The average Bonchev–Trinajstić information content (AvgIpc) is 3.38. The molecule has 0 bridgehead atoms. The summed E-state index contributed by atoms with van der Waals surface area (Å²) < 4.78 is 19.1. The Morgan fingerprint density at radius 1 is 1.18 bits per heavy atom. The molecule has 2 aromatic carbocycles. The average molecular weight is 597 g/mol. The highest BCUT2D eigenvalue weighted by atomic mass is 79.9. The van der Waals surface area contributed by atoms with Gasteiger partial charge >= 0.3 is 5.97 Å². The van der Waals surface area contributed by atoms with Gasteiger partial charge in [0.05, 0.1) is 42.7 Å². The van der Waals surface area contributed by atoms with E-state index in [0.29, 0.717) is 42.1 Å². The van der Waals surface area contributed by atoms with Crippen molar-refractivity contribution in [3.63, 3.8) is 0 Å². The standard InChI is InChI=1S/C28H26BrN3O5S/c1-6-37-27(34)24-15(3)31-28-32(25(24)18-11-21(35-4)22(36-5)13-19(18)29)26(33)23(38-28)12-17-14(2)30-20-10-8-7-9-16(17)20/h7-13,25,30H,6H2,1-5H3/b23-12-. The number of ether oxygens (including phenoxy) is 3. The van der Waals surface area contributed by atoms with Gasteiger partial charge in [-0.15, -0.1) is 0 Å². The topological polar surface area (TPSA) is 94.9 Å². The van der Waals surface area contributed by atoms with Crippen LogP contribution in [0, 0.1) is 6.92 Å². The first-order chi connectivity index (χ1) is 18.3. The van der Waals surface area contributed by atoms with Gasteiger partial charge in [0.2, 0.25) is 0 Å². The van der Waals surface area contributed by atoms with E-state index < -0.39 is 12.0 Å². The number of hydrogen-bond donors (Lipinski definition) is 1. The molecule has 2 aromatic heterocycles. The number of aromatic nitrogens is 2.